The van der Waals surface area contributed by atoms with Crippen LogP contribution in [0, 0.1) is 24.0 Å². The Kier molecular flexibility index (Phi) is 5.15. The largest absolute Gasteiger partial charge is 0.478 e. The van der Waals surface area contributed by atoms with E-state index < -0.39 is 4.92 Å². The molecule has 1 aliphatic heterocycles. The fraction of sp³-hybridized carbons (Fsp3) is 0.471. The van der Waals surface area contributed by atoms with Crippen molar-refractivity contribution >= 4 is 17.5 Å². The SMILES string of the molecule is CCOc1cc(C)nc(N2CCN(c3cc(C)c([N+](=O)[O-])cn3)CC2)n1. The van der Waals surface area contributed by atoms with Crippen molar-refractivity contribution in [2.45, 2.75) is 20.8 Å². The van der Waals surface area contributed by atoms with Gasteiger partial charge in [-0.15, -0.1) is 0 Å². The highest BCUT2D eigenvalue weighted by Crippen LogP contribution is 2.23. The molecule has 1 fully saturated rings. The number of nitro groups is 1. The Morgan fingerprint density at radius 3 is 2.46 bits per heavy atom. The van der Waals surface area contributed by atoms with Crippen molar-refractivity contribution in [3.8, 4) is 5.88 Å². The summed E-state index contributed by atoms with van der Waals surface area (Å²) in [5.41, 5.74) is 1.53. The smallest absolute Gasteiger partial charge is 0.290 e. The predicted molar refractivity (Wildman–Crippen MR) is 98.0 cm³/mol. The van der Waals surface area contributed by atoms with Crippen LogP contribution >= 0.6 is 0 Å². The maximum atomic E-state index is 10.9. The number of anilines is 2. The van der Waals surface area contributed by atoms with Gasteiger partial charge in [0.1, 0.15) is 12.0 Å². The van der Waals surface area contributed by atoms with E-state index in [-0.39, 0.29) is 5.69 Å². The number of nitrogens with zero attached hydrogens (tertiary/aromatic N) is 6. The number of aromatic nitrogens is 3. The summed E-state index contributed by atoms with van der Waals surface area (Å²) in [4.78, 5) is 28.0. The standard InChI is InChI=1S/C17H22N6O3/c1-4-26-16-10-13(3)19-17(20-16)22-7-5-21(6-8-22)15-9-12(2)14(11-18-15)23(24)25/h9-11H,4-8H2,1-3H3. The van der Waals surface area contributed by atoms with Crippen LogP contribution in [-0.2, 0) is 0 Å². The highest BCUT2D eigenvalue weighted by molar-refractivity contribution is 5.50. The Morgan fingerprint density at radius 1 is 1.15 bits per heavy atom. The first kappa shape index (κ1) is 17.8. The first-order chi connectivity index (χ1) is 12.5. The van der Waals surface area contributed by atoms with Crippen LogP contribution in [-0.4, -0.2) is 52.7 Å². The quantitative estimate of drug-likeness (QED) is 0.592. The Balaban J connectivity index is 1.70. The van der Waals surface area contributed by atoms with Crippen molar-refractivity contribution in [2.75, 3.05) is 42.6 Å². The van der Waals surface area contributed by atoms with Gasteiger partial charge in [0.05, 0.1) is 11.5 Å². The van der Waals surface area contributed by atoms with Gasteiger partial charge < -0.3 is 14.5 Å². The van der Waals surface area contributed by atoms with Gasteiger partial charge in [-0.3, -0.25) is 10.1 Å². The Bertz CT molecular complexity index is 805. The lowest BCUT2D eigenvalue weighted by Crippen LogP contribution is -2.47. The molecule has 0 atom stereocenters. The van der Waals surface area contributed by atoms with Crippen LogP contribution in [0.4, 0.5) is 17.5 Å². The molecule has 0 unspecified atom stereocenters. The average molecular weight is 358 g/mol. The van der Waals surface area contributed by atoms with Gasteiger partial charge in [0.2, 0.25) is 11.8 Å². The molecule has 0 aliphatic carbocycles. The van der Waals surface area contributed by atoms with Crippen LogP contribution < -0.4 is 14.5 Å². The molecule has 0 N–H and O–H groups in total. The van der Waals surface area contributed by atoms with Crippen LogP contribution in [0.25, 0.3) is 0 Å². The second-order valence-corrected chi connectivity index (χ2v) is 6.14. The molecule has 3 rings (SSSR count). The first-order valence-electron chi connectivity index (χ1n) is 8.57. The van der Waals surface area contributed by atoms with E-state index in [4.69, 9.17) is 4.74 Å². The summed E-state index contributed by atoms with van der Waals surface area (Å²) in [7, 11) is 0. The molecule has 0 amide bonds. The van der Waals surface area contributed by atoms with Crippen LogP contribution in [0.15, 0.2) is 18.3 Å². The van der Waals surface area contributed by atoms with E-state index in [2.05, 4.69) is 24.8 Å². The number of pyridine rings is 1. The summed E-state index contributed by atoms with van der Waals surface area (Å²) >= 11 is 0. The highest BCUT2D eigenvalue weighted by atomic mass is 16.6. The summed E-state index contributed by atoms with van der Waals surface area (Å²) in [6.45, 7) is 9.11. The van der Waals surface area contributed by atoms with Crippen molar-refractivity contribution < 1.29 is 9.66 Å². The molecule has 1 saturated heterocycles. The van der Waals surface area contributed by atoms with E-state index in [1.54, 1.807) is 13.0 Å². The number of ether oxygens (including phenoxy) is 1. The fourth-order valence-corrected chi connectivity index (χ4v) is 2.92. The molecule has 3 heterocycles. The van der Waals surface area contributed by atoms with Crippen LogP contribution in [0.3, 0.4) is 0 Å². The van der Waals surface area contributed by atoms with Crippen molar-refractivity contribution in [2.24, 2.45) is 0 Å². The molecular weight excluding hydrogens is 336 g/mol. The summed E-state index contributed by atoms with van der Waals surface area (Å²) in [5, 5.41) is 10.9. The average Bonchev–Trinajstić information content (AvgIpc) is 2.61. The molecule has 0 aromatic carbocycles. The van der Waals surface area contributed by atoms with Gasteiger partial charge in [-0.1, -0.05) is 0 Å². The van der Waals surface area contributed by atoms with Crippen LogP contribution in [0.5, 0.6) is 5.88 Å². The zero-order chi connectivity index (χ0) is 18.7. The second kappa shape index (κ2) is 7.51. The van der Waals surface area contributed by atoms with Crippen LogP contribution in [0.1, 0.15) is 18.2 Å². The highest BCUT2D eigenvalue weighted by Gasteiger charge is 2.22. The first-order valence-corrected chi connectivity index (χ1v) is 8.57. The number of rotatable bonds is 5. The molecular formula is C17H22N6O3. The van der Waals surface area contributed by atoms with E-state index >= 15 is 0 Å². The lowest BCUT2D eigenvalue weighted by atomic mass is 10.2. The van der Waals surface area contributed by atoms with Crippen molar-refractivity contribution in [3.63, 3.8) is 0 Å². The Hall–Kier alpha value is -2.97. The fourth-order valence-electron chi connectivity index (χ4n) is 2.92. The Labute approximate surface area is 151 Å². The van der Waals surface area contributed by atoms with Gasteiger partial charge in [0.15, 0.2) is 0 Å². The molecule has 2 aromatic heterocycles. The monoisotopic (exact) mass is 358 g/mol. The van der Waals surface area contributed by atoms with Crippen molar-refractivity contribution in [1.29, 1.82) is 0 Å². The minimum absolute atomic E-state index is 0.0454. The van der Waals surface area contributed by atoms with Gasteiger partial charge in [0.25, 0.3) is 5.69 Å². The zero-order valence-electron chi connectivity index (χ0n) is 15.2. The number of aryl methyl sites for hydroxylation is 2. The topological polar surface area (TPSA) is 97.5 Å². The minimum Gasteiger partial charge on any atom is -0.478 e. The summed E-state index contributed by atoms with van der Waals surface area (Å²) in [5.74, 6) is 2.01. The van der Waals surface area contributed by atoms with Gasteiger partial charge >= 0.3 is 0 Å². The molecule has 0 bridgehead atoms. The molecule has 9 nitrogen and oxygen atoms in total. The van der Waals surface area contributed by atoms with Crippen LogP contribution in [0.2, 0.25) is 0 Å². The lowest BCUT2D eigenvalue weighted by molar-refractivity contribution is -0.385. The van der Waals surface area contributed by atoms with E-state index in [9.17, 15) is 10.1 Å². The molecule has 1 aliphatic rings. The van der Waals surface area contributed by atoms with Gasteiger partial charge in [0, 0.05) is 43.5 Å². The maximum absolute atomic E-state index is 10.9. The molecule has 138 valence electrons. The summed E-state index contributed by atoms with van der Waals surface area (Å²) < 4.78 is 5.50. The number of piperazine rings is 1. The lowest BCUT2D eigenvalue weighted by Gasteiger charge is -2.35. The predicted octanol–water partition coefficient (Wildman–Crippen LogP) is 2.12. The Morgan fingerprint density at radius 2 is 1.85 bits per heavy atom. The molecule has 26 heavy (non-hydrogen) atoms. The number of hydrogen-bond donors (Lipinski definition) is 0. The zero-order valence-corrected chi connectivity index (χ0v) is 15.2. The number of hydrogen-bond acceptors (Lipinski definition) is 8. The van der Waals surface area contributed by atoms with E-state index in [1.165, 1.54) is 6.20 Å². The minimum atomic E-state index is -0.408. The van der Waals surface area contributed by atoms with Gasteiger partial charge in [-0.25, -0.2) is 9.97 Å². The molecule has 2 aromatic rings. The van der Waals surface area contributed by atoms with Crippen molar-refractivity contribution in [3.05, 3.63) is 39.7 Å². The van der Waals surface area contributed by atoms with E-state index in [0.717, 1.165) is 37.7 Å². The summed E-state index contributed by atoms with van der Waals surface area (Å²) in [6, 6.07) is 3.59. The van der Waals surface area contributed by atoms with Gasteiger partial charge in [-0.05, 0) is 26.8 Å². The third-order valence-electron chi connectivity index (χ3n) is 4.26. The van der Waals surface area contributed by atoms with E-state index in [0.29, 0.717) is 24.0 Å². The maximum Gasteiger partial charge on any atom is 0.290 e. The third-order valence-corrected chi connectivity index (χ3v) is 4.26. The third kappa shape index (κ3) is 3.81. The molecule has 0 radical (unpaired) electrons. The normalized spacial score (nSPS) is 14.4. The molecule has 9 heteroatoms. The molecule has 0 saturated carbocycles. The van der Waals surface area contributed by atoms with Crippen molar-refractivity contribution in [1.82, 2.24) is 15.0 Å². The van der Waals surface area contributed by atoms with E-state index in [1.807, 2.05) is 19.9 Å². The van der Waals surface area contributed by atoms with Gasteiger partial charge in [-0.2, -0.15) is 4.98 Å². The second-order valence-electron chi connectivity index (χ2n) is 6.14. The molecule has 0 spiro atoms. The summed E-state index contributed by atoms with van der Waals surface area (Å²) in [6.07, 6.45) is 1.33.